The Balaban J connectivity index is 1.95. The molecule has 0 aliphatic carbocycles. The highest BCUT2D eigenvalue weighted by molar-refractivity contribution is 7.15. The molecule has 0 aromatic carbocycles. The summed E-state index contributed by atoms with van der Waals surface area (Å²) >= 11 is 1.65. The Morgan fingerprint density at radius 1 is 1.69 bits per heavy atom. The number of fused-ring (bicyclic) bond motifs is 1. The third-order valence-electron chi connectivity index (χ3n) is 2.57. The molecule has 1 unspecified atom stereocenters. The van der Waals surface area contributed by atoms with E-state index in [1.54, 1.807) is 11.3 Å². The quantitative estimate of drug-likeness (QED) is 0.803. The molecule has 2 aromatic rings. The van der Waals surface area contributed by atoms with Crippen LogP contribution in [-0.2, 0) is 6.54 Å². The standard InChI is InChI=1S/C12H15N3S/c1-3-5-10(4-2)13-8-11-9-15-6-7-16-12(15)14-11/h1,6-7,9-10,13H,4-5,8H2,2H3. The van der Waals surface area contributed by atoms with Gasteiger partial charge in [0.05, 0.1) is 5.69 Å². The summed E-state index contributed by atoms with van der Waals surface area (Å²) in [7, 11) is 0. The number of hydrogen-bond donors (Lipinski definition) is 1. The maximum Gasteiger partial charge on any atom is 0.193 e. The fraction of sp³-hybridized carbons (Fsp3) is 0.417. The fourth-order valence-corrected chi connectivity index (χ4v) is 2.33. The van der Waals surface area contributed by atoms with E-state index < -0.39 is 0 Å². The van der Waals surface area contributed by atoms with E-state index in [1.807, 2.05) is 16.0 Å². The molecule has 0 bridgehead atoms. The van der Waals surface area contributed by atoms with Gasteiger partial charge in [-0.15, -0.1) is 23.7 Å². The van der Waals surface area contributed by atoms with Crippen LogP contribution in [0.5, 0.6) is 0 Å². The van der Waals surface area contributed by atoms with Crippen LogP contribution in [0.3, 0.4) is 0 Å². The molecule has 0 aliphatic rings. The number of terminal acetylenes is 1. The molecule has 0 fully saturated rings. The van der Waals surface area contributed by atoms with Crippen molar-refractivity contribution in [1.82, 2.24) is 14.7 Å². The lowest BCUT2D eigenvalue weighted by molar-refractivity contribution is 0.503. The van der Waals surface area contributed by atoms with Crippen LogP contribution in [0.15, 0.2) is 17.8 Å². The molecule has 0 radical (unpaired) electrons. The molecule has 0 saturated carbocycles. The van der Waals surface area contributed by atoms with Gasteiger partial charge in [-0.1, -0.05) is 6.92 Å². The summed E-state index contributed by atoms with van der Waals surface area (Å²) in [6.07, 6.45) is 11.2. The summed E-state index contributed by atoms with van der Waals surface area (Å²) < 4.78 is 2.05. The number of rotatable bonds is 5. The van der Waals surface area contributed by atoms with Crippen LogP contribution in [0, 0.1) is 12.3 Å². The predicted molar refractivity (Wildman–Crippen MR) is 67.4 cm³/mol. The van der Waals surface area contributed by atoms with Gasteiger partial charge in [0.2, 0.25) is 0 Å². The lowest BCUT2D eigenvalue weighted by Crippen LogP contribution is -2.27. The van der Waals surface area contributed by atoms with Crippen molar-refractivity contribution in [3.05, 3.63) is 23.5 Å². The first-order valence-corrected chi connectivity index (χ1v) is 6.29. The van der Waals surface area contributed by atoms with Gasteiger partial charge in [0, 0.05) is 36.8 Å². The van der Waals surface area contributed by atoms with Crippen LogP contribution in [0.4, 0.5) is 0 Å². The number of imidazole rings is 1. The molecule has 1 N–H and O–H groups in total. The van der Waals surface area contributed by atoms with Crippen molar-refractivity contribution in [3.63, 3.8) is 0 Å². The molecule has 0 spiro atoms. The van der Waals surface area contributed by atoms with E-state index in [0.717, 1.165) is 30.0 Å². The molecule has 4 heteroatoms. The zero-order valence-corrected chi connectivity index (χ0v) is 10.1. The summed E-state index contributed by atoms with van der Waals surface area (Å²) in [4.78, 5) is 5.55. The molecule has 2 rings (SSSR count). The highest BCUT2D eigenvalue weighted by Gasteiger charge is 2.06. The Kier molecular flexibility index (Phi) is 3.60. The van der Waals surface area contributed by atoms with Gasteiger partial charge in [-0.25, -0.2) is 4.98 Å². The minimum Gasteiger partial charge on any atom is -0.307 e. The van der Waals surface area contributed by atoms with Gasteiger partial charge < -0.3 is 5.32 Å². The molecule has 1 atom stereocenters. The van der Waals surface area contributed by atoms with Crippen LogP contribution in [0.1, 0.15) is 25.5 Å². The fourth-order valence-electron chi connectivity index (χ4n) is 1.61. The highest BCUT2D eigenvalue weighted by Crippen LogP contribution is 2.11. The summed E-state index contributed by atoms with van der Waals surface area (Å²) in [5.74, 6) is 2.69. The number of nitrogens with one attached hydrogen (secondary N) is 1. The second-order valence-electron chi connectivity index (χ2n) is 3.72. The smallest absolute Gasteiger partial charge is 0.193 e. The van der Waals surface area contributed by atoms with Gasteiger partial charge in [-0.3, -0.25) is 4.40 Å². The molecule has 0 amide bonds. The highest BCUT2D eigenvalue weighted by atomic mass is 32.1. The molecular formula is C12H15N3S. The molecule has 0 aliphatic heterocycles. The summed E-state index contributed by atoms with van der Waals surface area (Å²) in [6, 6.07) is 0.393. The lowest BCUT2D eigenvalue weighted by atomic mass is 10.1. The zero-order valence-electron chi connectivity index (χ0n) is 9.31. The maximum absolute atomic E-state index is 5.31. The Morgan fingerprint density at radius 2 is 2.56 bits per heavy atom. The van der Waals surface area contributed by atoms with Crippen molar-refractivity contribution in [2.75, 3.05) is 0 Å². The van der Waals surface area contributed by atoms with E-state index in [0.29, 0.717) is 6.04 Å². The first-order valence-electron chi connectivity index (χ1n) is 5.41. The Bertz CT molecular complexity index is 463. The lowest BCUT2D eigenvalue weighted by Gasteiger charge is -2.12. The second kappa shape index (κ2) is 5.15. The SMILES string of the molecule is C#CCC(CC)NCc1cn2ccsc2n1. The van der Waals surface area contributed by atoms with Gasteiger partial charge in [0.1, 0.15) is 0 Å². The number of thiazole rings is 1. The molecule has 3 nitrogen and oxygen atoms in total. The van der Waals surface area contributed by atoms with Gasteiger partial charge in [0.25, 0.3) is 0 Å². The Morgan fingerprint density at radius 3 is 3.25 bits per heavy atom. The van der Waals surface area contributed by atoms with E-state index in [-0.39, 0.29) is 0 Å². The van der Waals surface area contributed by atoms with E-state index in [4.69, 9.17) is 6.42 Å². The summed E-state index contributed by atoms with van der Waals surface area (Å²) in [5, 5.41) is 5.46. The van der Waals surface area contributed by atoms with Crippen LogP contribution in [-0.4, -0.2) is 15.4 Å². The third-order valence-corrected chi connectivity index (χ3v) is 3.34. The molecule has 2 aromatic heterocycles. The zero-order chi connectivity index (χ0) is 11.4. The molecule has 16 heavy (non-hydrogen) atoms. The number of nitrogens with zero attached hydrogens (tertiary/aromatic N) is 2. The Labute approximate surface area is 99.5 Å². The van der Waals surface area contributed by atoms with Gasteiger partial charge in [0.15, 0.2) is 4.96 Å². The minimum absolute atomic E-state index is 0.393. The number of hydrogen-bond acceptors (Lipinski definition) is 3. The average Bonchev–Trinajstić information content (AvgIpc) is 2.84. The van der Waals surface area contributed by atoms with E-state index >= 15 is 0 Å². The van der Waals surface area contributed by atoms with Crippen molar-refractivity contribution in [1.29, 1.82) is 0 Å². The molecular weight excluding hydrogens is 218 g/mol. The van der Waals surface area contributed by atoms with Crippen molar-refractivity contribution in [2.45, 2.75) is 32.4 Å². The van der Waals surface area contributed by atoms with Crippen LogP contribution in [0.25, 0.3) is 4.96 Å². The van der Waals surface area contributed by atoms with Gasteiger partial charge >= 0.3 is 0 Å². The third kappa shape index (κ3) is 2.43. The largest absolute Gasteiger partial charge is 0.307 e. The first-order chi connectivity index (χ1) is 7.83. The Hall–Kier alpha value is -1.31. The monoisotopic (exact) mass is 233 g/mol. The van der Waals surface area contributed by atoms with Crippen LogP contribution >= 0.6 is 11.3 Å². The number of aromatic nitrogens is 2. The minimum atomic E-state index is 0.393. The van der Waals surface area contributed by atoms with Gasteiger partial charge in [-0.05, 0) is 6.42 Å². The van der Waals surface area contributed by atoms with E-state index in [1.165, 1.54) is 0 Å². The summed E-state index contributed by atoms with van der Waals surface area (Å²) in [6.45, 7) is 2.93. The van der Waals surface area contributed by atoms with Crippen molar-refractivity contribution < 1.29 is 0 Å². The average molecular weight is 233 g/mol. The van der Waals surface area contributed by atoms with Crippen molar-refractivity contribution in [2.24, 2.45) is 0 Å². The normalized spacial score (nSPS) is 12.8. The van der Waals surface area contributed by atoms with Crippen LogP contribution < -0.4 is 5.32 Å². The predicted octanol–water partition coefficient (Wildman–Crippen LogP) is 2.29. The molecule has 0 saturated heterocycles. The first kappa shape index (κ1) is 11.2. The second-order valence-corrected chi connectivity index (χ2v) is 4.59. The van der Waals surface area contributed by atoms with Crippen molar-refractivity contribution >= 4 is 16.3 Å². The van der Waals surface area contributed by atoms with E-state index in [9.17, 15) is 0 Å². The van der Waals surface area contributed by atoms with Crippen LogP contribution in [0.2, 0.25) is 0 Å². The molecule has 84 valence electrons. The van der Waals surface area contributed by atoms with Gasteiger partial charge in [-0.2, -0.15) is 0 Å². The van der Waals surface area contributed by atoms with Crippen molar-refractivity contribution in [3.8, 4) is 12.3 Å². The van der Waals surface area contributed by atoms with E-state index in [2.05, 4.69) is 29.3 Å². The summed E-state index contributed by atoms with van der Waals surface area (Å²) in [5.41, 5.74) is 1.07. The maximum atomic E-state index is 5.31. The topological polar surface area (TPSA) is 29.3 Å². The molecule has 2 heterocycles.